The Labute approximate surface area is 140 Å². The van der Waals surface area contributed by atoms with Gasteiger partial charge in [-0.2, -0.15) is 0 Å². The van der Waals surface area contributed by atoms with Crippen molar-refractivity contribution in [2.24, 2.45) is 16.1 Å². The van der Waals surface area contributed by atoms with Gasteiger partial charge < -0.3 is 5.73 Å². The number of hydrogen-bond acceptors (Lipinski definition) is 7. The maximum absolute atomic E-state index is 11.2. The van der Waals surface area contributed by atoms with Gasteiger partial charge >= 0.3 is 0 Å². The quantitative estimate of drug-likeness (QED) is 0.461. The summed E-state index contributed by atoms with van der Waals surface area (Å²) in [4.78, 5) is 31.4. The number of carbonyl (C=O) groups excluding carboxylic acids is 1. The highest BCUT2D eigenvalue weighted by atomic mass is 16.6. The molecular formula is C14H12N6O5. The zero-order valence-electron chi connectivity index (χ0n) is 12.7. The van der Waals surface area contributed by atoms with Crippen LogP contribution in [0.5, 0.6) is 0 Å². The maximum Gasteiger partial charge on any atom is 0.269 e. The first-order valence-corrected chi connectivity index (χ1v) is 6.83. The normalized spacial score (nSPS) is 10.6. The SMILES string of the molecule is NC(=O)CN(N=Nc1ccc([N+](=O)[O-])cc1)c1ccc([N+](=O)[O-])cc1. The van der Waals surface area contributed by atoms with Gasteiger partial charge in [-0.15, -0.1) is 5.11 Å². The Bertz CT molecular complexity index is 819. The number of nitrogens with zero attached hydrogens (tertiary/aromatic N) is 5. The summed E-state index contributed by atoms with van der Waals surface area (Å²) in [6, 6.07) is 10.6. The topological polar surface area (TPSA) is 157 Å². The largest absolute Gasteiger partial charge is 0.368 e. The molecule has 2 aromatic carbocycles. The number of non-ortho nitro benzene ring substituents is 2. The van der Waals surface area contributed by atoms with Gasteiger partial charge in [0.25, 0.3) is 11.4 Å². The van der Waals surface area contributed by atoms with E-state index in [2.05, 4.69) is 10.3 Å². The van der Waals surface area contributed by atoms with Gasteiger partial charge in [0.05, 0.1) is 21.2 Å². The van der Waals surface area contributed by atoms with Crippen LogP contribution < -0.4 is 10.7 Å². The first-order chi connectivity index (χ1) is 11.9. The van der Waals surface area contributed by atoms with E-state index in [4.69, 9.17) is 5.73 Å². The number of nitrogens with two attached hydrogens (primary N) is 1. The van der Waals surface area contributed by atoms with Crippen LogP contribution >= 0.6 is 0 Å². The molecule has 0 spiro atoms. The number of rotatable bonds is 7. The fraction of sp³-hybridized carbons (Fsp3) is 0.0714. The summed E-state index contributed by atoms with van der Waals surface area (Å²) < 4.78 is 0. The Balaban J connectivity index is 2.23. The van der Waals surface area contributed by atoms with Crippen LogP contribution in [0.1, 0.15) is 0 Å². The fourth-order valence-electron chi connectivity index (χ4n) is 1.82. The van der Waals surface area contributed by atoms with E-state index in [1.807, 2.05) is 0 Å². The van der Waals surface area contributed by atoms with Crippen molar-refractivity contribution in [2.45, 2.75) is 0 Å². The fourth-order valence-corrected chi connectivity index (χ4v) is 1.82. The smallest absolute Gasteiger partial charge is 0.269 e. The van der Waals surface area contributed by atoms with E-state index >= 15 is 0 Å². The third kappa shape index (κ3) is 4.79. The van der Waals surface area contributed by atoms with Gasteiger partial charge in [0, 0.05) is 24.3 Å². The van der Waals surface area contributed by atoms with Crippen LogP contribution in [0.25, 0.3) is 0 Å². The number of nitro groups is 2. The summed E-state index contributed by atoms with van der Waals surface area (Å²) in [7, 11) is 0. The first-order valence-electron chi connectivity index (χ1n) is 6.83. The van der Waals surface area contributed by atoms with E-state index in [0.717, 1.165) is 5.01 Å². The Morgan fingerprint density at radius 3 is 1.88 bits per heavy atom. The molecule has 0 aliphatic rings. The average molecular weight is 344 g/mol. The van der Waals surface area contributed by atoms with Gasteiger partial charge in [-0.25, -0.2) is 5.01 Å². The van der Waals surface area contributed by atoms with E-state index in [-0.39, 0.29) is 17.9 Å². The number of amides is 1. The second kappa shape index (κ2) is 7.59. The van der Waals surface area contributed by atoms with E-state index in [0.29, 0.717) is 11.4 Å². The summed E-state index contributed by atoms with van der Waals surface area (Å²) in [6.07, 6.45) is 0. The lowest BCUT2D eigenvalue weighted by Gasteiger charge is -2.15. The molecule has 0 unspecified atom stereocenters. The van der Waals surface area contributed by atoms with Crippen LogP contribution in [0, 0.1) is 20.2 Å². The molecule has 25 heavy (non-hydrogen) atoms. The molecule has 0 fully saturated rings. The lowest BCUT2D eigenvalue weighted by atomic mass is 10.3. The molecule has 2 rings (SSSR count). The monoisotopic (exact) mass is 344 g/mol. The number of benzene rings is 2. The molecule has 0 heterocycles. The maximum atomic E-state index is 11.2. The van der Waals surface area contributed by atoms with Crippen molar-refractivity contribution in [3.05, 3.63) is 68.8 Å². The second-order valence-corrected chi connectivity index (χ2v) is 4.76. The predicted octanol–water partition coefficient (Wildman–Crippen LogP) is 2.49. The predicted molar refractivity (Wildman–Crippen MR) is 87.2 cm³/mol. The number of carbonyl (C=O) groups is 1. The van der Waals surface area contributed by atoms with E-state index < -0.39 is 15.8 Å². The number of primary amides is 1. The van der Waals surface area contributed by atoms with Crippen LogP contribution in [0.15, 0.2) is 58.9 Å². The summed E-state index contributed by atoms with van der Waals surface area (Å²) in [6.45, 7) is -0.297. The van der Waals surface area contributed by atoms with Gasteiger partial charge in [-0.3, -0.25) is 25.0 Å². The molecule has 0 bridgehead atoms. The number of nitro benzene ring substituents is 2. The van der Waals surface area contributed by atoms with Crippen molar-refractivity contribution < 1.29 is 14.6 Å². The van der Waals surface area contributed by atoms with Gasteiger partial charge in [-0.1, -0.05) is 5.22 Å². The molecule has 0 aliphatic carbocycles. The minimum absolute atomic E-state index is 0.0942. The molecule has 11 heteroatoms. The summed E-state index contributed by atoms with van der Waals surface area (Å²) >= 11 is 0. The molecule has 0 saturated heterocycles. The van der Waals surface area contributed by atoms with Crippen molar-refractivity contribution >= 4 is 28.7 Å². The number of hydrogen-bond donors (Lipinski definition) is 1. The summed E-state index contributed by atoms with van der Waals surface area (Å²) in [5.41, 5.74) is 5.65. The van der Waals surface area contributed by atoms with Crippen LogP contribution in [0.2, 0.25) is 0 Å². The molecule has 0 radical (unpaired) electrons. The molecule has 2 N–H and O–H groups in total. The lowest BCUT2D eigenvalue weighted by Crippen LogP contribution is -2.29. The first kappa shape index (κ1) is 17.5. The zero-order chi connectivity index (χ0) is 18.4. The standard InChI is InChI=1S/C14H12N6O5/c15-14(21)9-18(11-5-7-13(8-6-11)20(24)25)17-16-10-1-3-12(4-2-10)19(22)23/h1-8H,9H2,(H2,15,21). The van der Waals surface area contributed by atoms with Gasteiger partial charge in [0.15, 0.2) is 0 Å². The van der Waals surface area contributed by atoms with E-state index in [1.54, 1.807) is 0 Å². The van der Waals surface area contributed by atoms with Crippen molar-refractivity contribution in [1.82, 2.24) is 0 Å². The van der Waals surface area contributed by atoms with E-state index in [9.17, 15) is 25.0 Å². The van der Waals surface area contributed by atoms with Crippen molar-refractivity contribution in [2.75, 3.05) is 11.6 Å². The number of anilines is 1. The minimum atomic E-state index is -0.680. The van der Waals surface area contributed by atoms with Crippen molar-refractivity contribution in [1.29, 1.82) is 0 Å². The third-order valence-electron chi connectivity index (χ3n) is 2.99. The average Bonchev–Trinajstić information content (AvgIpc) is 2.58. The Morgan fingerprint density at radius 1 is 0.960 bits per heavy atom. The highest BCUT2D eigenvalue weighted by Gasteiger charge is 2.12. The Morgan fingerprint density at radius 2 is 1.44 bits per heavy atom. The molecule has 2 aromatic rings. The lowest BCUT2D eigenvalue weighted by molar-refractivity contribution is -0.385. The highest BCUT2D eigenvalue weighted by Crippen LogP contribution is 2.22. The zero-order valence-corrected chi connectivity index (χ0v) is 12.7. The van der Waals surface area contributed by atoms with Gasteiger partial charge in [-0.05, 0) is 24.3 Å². The van der Waals surface area contributed by atoms with Crippen molar-refractivity contribution in [3.63, 3.8) is 0 Å². The second-order valence-electron chi connectivity index (χ2n) is 4.76. The minimum Gasteiger partial charge on any atom is -0.368 e. The molecular weight excluding hydrogens is 332 g/mol. The molecule has 0 saturated carbocycles. The third-order valence-corrected chi connectivity index (χ3v) is 2.99. The van der Waals surface area contributed by atoms with Crippen LogP contribution in [-0.4, -0.2) is 22.3 Å². The van der Waals surface area contributed by atoms with Crippen LogP contribution in [0.4, 0.5) is 22.7 Å². The molecule has 0 aromatic heterocycles. The Hall–Kier alpha value is -3.89. The molecule has 0 aliphatic heterocycles. The van der Waals surface area contributed by atoms with Crippen LogP contribution in [0.3, 0.4) is 0 Å². The molecule has 128 valence electrons. The van der Waals surface area contributed by atoms with Gasteiger partial charge in [0.2, 0.25) is 5.91 Å². The summed E-state index contributed by atoms with van der Waals surface area (Å²) in [5, 5.41) is 30.2. The van der Waals surface area contributed by atoms with E-state index in [1.165, 1.54) is 48.5 Å². The molecule has 1 amide bonds. The highest BCUT2D eigenvalue weighted by molar-refractivity contribution is 5.79. The molecule has 0 atom stereocenters. The van der Waals surface area contributed by atoms with Gasteiger partial charge in [0.1, 0.15) is 6.54 Å². The summed E-state index contributed by atoms with van der Waals surface area (Å²) in [5.74, 6) is -0.680. The molecule has 11 nitrogen and oxygen atoms in total. The Kier molecular flexibility index (Phi) is 5.30. The van der Waals surface area contributed by atoms with Crippen molar-refractivity contribution in [3.8, 4) is 0 Å². The van der Waals surface area contributed by atoms with Crippen LogP contribution in [-0.2, 0) is 4.79 Å².